The fraction of sp³-hybridized carbons (Fsp3) is 0.786. The van der Waals surface area contributed by atoms with Crippen LogP contribution < -0.4 is 5.32 Å². The summed E-state index contributed by atoms with van der Waals surface area (Å²) in [6.45, 7) is 10.7. The fourth-order valence-electron chi connectivity index (χ4n) is 1.77. The maximum absolute atomic E-state index is 12.2. The number of carbonyl (C=O) groups excluding carboxylic acids is 2. The highest BCUT2D eigenvalue weighted by Crippen LogP contribution is 2.14. The lowest BCUT2D eigenvalue weighted by molar-refractivity contribution is -0.140. The minimum Gasteiger partial charge on any atom is -0.480 e. The number of nitrogens with zero attached hydrogens (tertiary/aromatic N) is 1. The highest BCUT2D eigenvalue weighted by atomic mass is 32.2. The van der Waals surface area contributed by atoms with Crippen molar-refractivity contribution >= 4 is 28.9 Å². The molecule has 2 N–H and O–H groups in total. The van der Waals surface area contributed by atoms with Crippen LogP contribution in [0.15, 0.2) is 0 Å². The summed E-state index contributed by atoms with van der Waals surface area (Å²) in [7, 11) is 0. The van der Waals surface area contributed by atoms with Gasteiger partial charge < -0.3 is 15.3 Å². The van der Waals surface area contributed by atoms with Gasteiger partial charge >= 0.3 is 5.97 Å². The van der Waals surface area contributed by atoms with Crippen molar-refractivity contribution in [3.05, 3.63) is 0 Å². The van der Waals surface area contributed by atoms with E-state index in [-0.39, 0.29) is 11.0 Å². The van der Waals surface area contributed by atoms with Crippen molar-refractivity contribution in [2.45, 2.75) is 40.7 Å². The van der Waals surface area contributed by atoms with Gasteiger partial charge in [0.2, 0.25) is 5.91 Å². The molecule has 21 heavy (non-hydrogen) atoms. The van der Waals surface area contributed by atoms with Crippen LogP contribution in [-0.4, -0.2) is 52.0 Å². The summed E-state index contributed by atoms with van der Waals surface area (Å²) < 4.78 is 0. The zero-order valence-electron chi connectivity index (χ0n) is 13.4. The number of hydrogen-bond acceptors (Lipinski definition) is 4. The van der Waals surface area contributed by atoms with E-state index in [4.69, 9.17) is 5.11 Å². The third-order valence-corrected chi connectivity index (χ3v) is 3.48. The average molecular weight is 318 g/mol. The molecule has 1 atom stereocenters. The highest BCUT2D eigenvalue weighted by molar-refractivity contribution is 8.13. The number of hydrogen-bond donors (Lipinski definition) is 2. The molecular weight excluding hydrogens is 292 g/mol. The van der Waals surface area contributed by atoms with E-state index in [1.165, 1.54) is 6.92 Å². The molecule has 0 aromatic heterocycles. The monoisotopic (exact) mass is 318 g/mol. The molecule has 0 saturated carbocycles. The van der Waals surface area contributed by atoms with Crippen LogP contribution in [0.2, 0.25) is 0 Å². The van der Waals surface area contributed by atoms with Crippen molar-refractivity contribution < 1.29 is 19.5 Å². The zero-order valence-corrected chi connectivity index (χ0v) is 14.2. The average Bonchev–Trinajstić information content (AvgIpc) is 2.31. The van der Waals surface area contributed by atoms with Gasteiger partial charge in [0, 0.05) is 25.8 Å². The summed E-state index contributed by atoms with van der Waals surface area (Å²) in [5.74, 6) is -0.834. The van der Waals surface area contributed by atoms with Crippen molar-refractivity contribution in [3.8, 4) is 0 Å². The first-order valence-electron chi connectivity index (χ1n) is 7.05. The summed E-state index contributed by atoms with van der Waals surface area (Å²) >= 11 is 0.938. The molecule has 6 nitrogen and oxygen atoms in total. The van der Waals surface area contributed by atoms with Gasteiger partial charge in [-0.1, -0.05) is 39.5 Å². The minimum absolute atomic E-state index is 0.0282. The number of thioether (sulfide) groups is 1. The van der Waals surface area contributed by atoms with Gasteiger partial charge in [0.05, 0.1) is 0 Å². The number of rotatable bonds is 8. The summed E-state index contributed by atoms with van der Waals surface area (Å²) in [4.78, 5) is 35.9. The van der Waals surface area contributed by atoms with E-state index in [2.05, 4.69) is 5.32 Å². The van der Waals surface area contributed by atoms with Gasteiger partial charge in [0.1, 0.15) is 6.04 Å². The van der Waals surface area contributed by atoms with Crippen molar-refractivity contribution in [2.75, 3.05) is 18.8 Å². The Balaban J connectivity index is 4.58. The summed E-state index contributed by atoms with van der Waals surface area (Å²) in [6.07, 6.45) is 0. The maximum Gasteiger partial charge on any atom is 0.327 e. The van der Waals surface area contributed by atoms with Crippen LogP contribution in [0.25, 0.3) is 0 Å². The third-order valence-electron chi connectivity index (χ3n) is 2.48. The third kappa shape index (κ3) is 9.33. The lowest BCUT2D eigenvalue weighted by Gasteiger charge is -2.26. The Labute approximate surface area is 130 Å². The van der Waals surface area contributed by atoms with Crippen molar-refractivity contribution in [1.29, 1.82) is 0 Å². The zero-order chi connectivity index (χ0) is 16.6. The van der Waals surface area contributed by atoms with Crippen molar-refractivity contribution in [2.24, 2.45) is 11.8 Å². The molecule has 0 bridgehead atoms. The molecule has 0 aromatic rings. The molecule has 7 heteroatoms. The van der Waals surface area contributed by atoms with Gasteiger partial charge in [-0.2, -0.15) is 0 Å². The van der Waals surface area contributed by atoms with Gasteiger partial charge in [-0.15, -0.1) is 0 Å². The number of carboxylic acids is 1. The van der Waals surface area contributed by atoms with Crippen LogP contribution in [0.5, 0.6) is 0 Å². The van der Waals surface area contributed by atoms with E-state index in [9.17, 15) is 14.4 Å². The lowest BCUT2D eigenvalue weighted by atomic mass is 10.1. The van der Waals surface area contributed by atoms with E-state index in [1.807, 2.05) is 27.7 Å². The molecule has 0 spiro atoms. The molecule has 0 rings (SSSR count). The smallest absolute Gasteiger partial charge is 0.327 e. The fourth-order valence-corrected chi connectivity index (χ4v) is 2.64. The molecule has 0 radical (unpaired) electrons. The number of amides is 2. The van der Waals surface area contributed by atoms with Gasteiger partial charge in [0.15, 0.2) is 0 Å². The Morgan fingerprint density at radius 1 is 1.10 bits per heavy atom. The Morgan fingerprint density at radius 3 is 1.90 bits per heavy atom. The molecular formula is C14H26N2O4S. The van der Waals surface area contributed by atoms with Crippen LogP contribution in [0.1, 0.15) is 34.6 Å². The SMILES string of the molecule is CC(=O)N[C@@H](CSC(=O)N(CC(C)C)CC(C)C)C(=O)O. The number of aliphatic carboxylic acids is 1. The van der Waals surface area contributed by atoms with Crippen molar-refractivity contribution in [3.63, 3.8) is 0 Å². The predicted octanol–water partition coefficient (Wildman–Crippen LogP) is 2.04. The quantitative estimate of drug-likeness (QED) is 0.715. The van der Waals surface area contributed by atoms with Gasteiger partial charge in [-0.25, -0.2) is 4.79 Å². The Bertz CT molecular complexity index is 362. The molecule has 0 aliphatic rings. The number of carboxylic acid groups (broad SMARTS) is 1. The lowest BCUT2D eigenvalue weighted by Crippen LogP contribution is -2.42. The van der Waals surface area contributed by atoms with Gasteiger partial charge in [0.25, 0.3) is 5.24 Å². The largest absolute Gasteiger partial charge is 0.480 e. The van der Waals surface area contributed by atoms with Crippen LogP contribution in [0.4, 0.5) is 4.79 Å². The van der Waals surface area contributed by atoms with E-state index in [0.717, 1.165) is 11.8 Å². The van der Waals surface area contributed by atoms with Crippen LogP contribution in [0, 0.1) is 11.8 Å². The first kappa shape index (κ1) is 19.8. The Hall–Kier alpha value is -1.24. The van der Waals surface area contributed by atoms with E-state index in [1.54, 1.807) is 4.90 Å². The standard InChI is InChI=1S/C14H26N2O4S/c1-9(2)6-16(7-10(3)4)14(20)21-8-12(13(18)19)15-11(5)17/h9-10,12H,6-8H2,1-5H3,(H,15,17)(H,18,19)/t12-/m0/s1. The normalized spacial score (nSPS) is 12.3. The second kappa shape index (κ2) is 9.65. The van der Waals surface area contributed by atoms with Crippen LogP contribution >= 0.6 is 11.8 Å². The van der Waals surface area contributed by atoms with E-state index < -0.39 is 17.9 Å². The van der Waals surface area contributed by atoms with E-state index in [0.29, 0.717) is 24.9 Å². The molecule has 2 amide bonds. The Kier molecular flexibility index (Phi) is 9.08. The second-order valence-electron chi connectivity index (χ2n) is 5.86. The highest BCUT2D eigenvalue weighted by Gasteiger charge is 2.23. The van der Waals surface area contributed by atoms with Crippen molar-refractivity contribution in [1.82, 2.24) is 10.2 Å². The Morgan fingerprint density at radius 2 is 1.57 bits per heavy atom. The first-order chi connectivity index (χ1) is 9.63. The molecule has 0 aliphatic carbocycles. The molecule has 0 aromatic carbocycles. The molecule has 0 unspecified atom stereocenters. The first-order valence-corrected chi connectivity index (χ1v) is 8.03. The number of carbonyl (C=O) groups is 3. The molecule has 0 fully saturated rings. The number of nitrogens with one attached hydrogen (secondary N) is 1. The van der Waals surface area contributed by atoms with E-state index >= 15 is 0 Å². The molecule has 0 heterocycles. The molecule has 0 saturated heterocycles. The van der Waals surface area contributed by atoms with Crippen LogP contribution in [-0.2, 0) is 9.59 Å². The second-order valence-corrected chi connectivity index (χ2v) is 6.83. The van der Waals surface area contributed by atoms with Gasteiger partial charge in [-0.3, -0.25) is 9.59 Å². The summed E-state index contributed by atoms with van der Waals surface area (Å²) in [5.41, 5.74) is 0. The maximum atomic E-state index is 12.2. The molecule has 0 aliphatic heterocycles. The summed E-state index contributed by atoms with van der Waals surface area (Å²) in [5, 5.41) is 11.2. The predicted molar refractivity (Wildman–Crippen MR) is 84.3 cm³/mol. The van der Waals surface area contributed by atoms with Gasteiger partial charge in [-0.05, 0) is 11.8 Å². The minimum atomic E-state index is -1.13. The van der Waals surface area contributed by atoms with Crippen LogP contribution in [0.3, 0.4) is 0 Å². The summed E-state index contributed by atoms with van der Waals surface area (Å²) in [6, 6.07) is -1.05. The molecule has 122 valence electrons. The topological polar surface area (TPSA) is 86.7 Å².